The first-order chi connectivity index (χ1) is 15.1. The number of carbonyl (C=O) groups excluding carboxylic acids is 1. The van der Waals surface area contributed by atoms with Crippen molar-refractivity contribution in [3.63, 3.8) is 0 Å². The zero-order valence-corrected chi connectivity index (χ0v) is 17.0. The quantitative estimate of drug-likeness (QED) is 0.395. The maximum absolute atomic E-state index is 12.5. The molecule has 2 atom stereocenters. The van der Waals surface area contributed by atoms with Gasteiger partial charge in [0, 0.05) is 11.4 Å². The van der Waals surface area contributed by atoms with Gasteiger partial charge in [-0.1, -0.05) is 24.3 Å². The largest absolute Gasteiger partial charge is 0.383 e. The van der Waals surface area contributed by atoms with E-state index in [9.17, 15) is 15.0 Å². The summed E-state index contributed by atoms with van der Waals surface area (Å²) < 4.78 is 2.83. The van der Waals surface area contributed by atoms with Crippen molar-refractivity contribution < 1.29 is 15.0 Å². The first kappa shape index (κ1) is 19.4. The molecule has 0 spiro atoms. The fourth-order valence-corrected chi connectivity index (χ4v) is 4.37. The lowest BCUT2D eigenvalue weighted by molar-refractivity contribution is -0.129. The van der Waals surface area contributed by atoms with Crippen LogP contribution in [0.5, 0.6) is 0 Å². The van der Waals surface area contributed by atoms with Crippen LogP contribution in [-0.2, 0) is 4.79 Å². The predicted molar refractivity (Wildman–Crippen MR) is 120 cm³/mol. The number of hydrogen-bond acceptors (Lipinski definition) is 6. The summed E-state index contributed by atoms with van der Waals surface area (Å²) in [5.74, 6) is -0.701. The minimum Gasteiger partial charge on any atom is -0.383 e. The van der Waals surface area contributed by atoms with Gasteiger partial charge in [-0.3, -0.25) is 9.36 Å². The number of carbonyl (C=O) groups is 1. The van der Waals surface area contributed by atoms with E-state index in [0.29, 0.717) is 10.7 Å². The van der Waals surface area contributed by atoms with Crippen LogP contribution in [0, 0.1) is 0 Å². The molecular formula is C23H18N4O3S. The summed E-state index contributed by atoms with van der Waals surface area (Å²) in [5, 5.41) is 23.7. The van der Waals surface area contributed by atoms with Crippen LogP contribution in [0.15, 0.2) is 79.1 Å². The number of benzene rings is 3. The van der Waals surface area contributed by atoms with Crippen LogP contribution in [0.3, 0.4) is 0 Å². The monoisotopic (exact) mass is 430 g/mol. The average molecular weight is 430 g/mol. The molecule has 2 aromatic heterocycles. The number of fused-ring (bicyclic) bond motifs is 2. The van der Waals surface area contributed by atoms with E-state index in [1.54, 1.807) is 18.5 Å². The summed E-state index contributed by atoms with van der Waals surface area (Å²) in [4.78, 5) is 21.2. The maximum atomic E-state index is 12.5. The zero-order valence-electron chi connectivity index (χ0n) is 16.2. The van der Waals surface area contributed by atoms with Crippen LogP contribution in [0.2, 0.25) is 0 Å². The molecule has 7 nitrogen and oxygen atoms in total. The fourth-order valence-electron chi connectivity index (χ4n) is 3.38. The molecule has 5 rings (SSSR count). The van der Waals surface area contributed by atoms with Crippen molar-refractivity contribution in [2.24, 2.45) is 0 Å². The Hall–Kier alpha value is -3.59. The predicted octanol–water partition coefficient (Wildman–Crippen LogP) is 3.67. The van der Waals surface area contributed by atoms with Gasteiger partial charge in [-0.2, -0.15) is 0 Å². The summed E-state index contributed by atoms with van der Waals surface area (Å²) >= 11 is 1.25. The SMILES string of the molecule is O=C(Nc1ccc(-n2cnc3ccccc32)cc1)C(O)C(O)c1nc2ccccc2s1. The number of aliphatic hydroxyl groups is 2. The van der Waals surface area contributed by atoms with E-state index < -0.39 is 18.1 Å². The summed E-state index contributed by atoms with van der Waals surface area (Å²) in [6, 6.07) is 22.4. The molecule has 31 heavy (non-hydrogen) atoms. The molecule has 0 radical (unpaired) electrons. The van der Waals surface area contributed by atoms with E-state index in [1.807, 2.05) is 65.2 Å². The Morgan fingerprint density at radius 3 is 2.42 bits per heavy atom. The van der Waals surface area contributed by atoms with Gasteiger partial charge in [0.25, 0.3) is 5.91 Å². The molecule has 2 heterocycles. The van der Waals surface area contributed by atoms with E-state index >= 15 is 0 Å². The van der Waals surface area contributed by atoms with Crippen LogP contribution in [0.4, 0.5) is 5.69 Å². The smallest absolute Gasteiger partial charge is 0.256 e. The highest BCUT2D eigenvalue weighted by atomic mass is 32.1. The number of imidazole rings is 1. The molecule has 3 aromatic carbocycles. The van der Waals surface area contributed by atoms with Gasteiger partial charge in [0.1, 0.15) is 17.4 Å². The molecule has 8 heteroatoms. The van der Waals surface area contributed by atoms with Crippen LogP contribution < -0.4 is 5.32 Å². The lowest BCUT2D eigenvalue weighted by Gasteiger charge is -2.15. The van der Waals surface area contributed by atoms with Gasteiger partial charge in [0.15, 0.2) is 6.10 Å². The molecule has 0 aliphatic carbocycles. The van der Waals surface area contributed by atoms with Crippen LogP contribution in [0.25, 0.3) is 26.9 Å². The van der Waals surface area contributed by atoms with Gasteiger partial charge < -0.3 is 15.5 Å². The number of nitrogens with zero attached hydrogens (tertiary/aromatic N) is 3. The van der Waals surface area contributed by atoms with Crippen molar-refractivity contribution in [2.45, 2.75) is 12.2 Å². The number of hydrogen-bond donors (Lipinski definition) is 3. The van der Waals surface area contributed by atoms with Gasteiger partial charge in [0.2, 0.25) is 0 Å². The molecule has 2 unspecified atom stereocenters. The van der Waals surface area contributed by atoms with Gasteiger partial charge in [-0.25, -0.2) is 9.97 Å². The standard InChI is InChI=1S/C23H18N4O3S/c28-20(21(29)23-26-17-6-2-4-8-19(17)31-23)22(30)25-14-9-11-15(12-10-14)27-13-24-16-5-1-3-7-18(16)27/h1-13,20-21,28-29H,(H,25,30). The molecule has 0 aliphatic heterocycles. The second-order valence-corrected chi connectivity index (χ2v) is 8.11. The molecule has 154 valence electrons. The third kappa shape index (κ3) is 3.68. The van der Waals surface area contributed by atoms with Crippen LogP contribution in [-0.4, -0.2) is 36.8 Å². The number of aliphatic hydroxyl groups excluding tert-OH is 2. The van der Waals surface area contributed by atoms with Crippen LogP contribution >= 0.6 is 11.3 Å². The van der Waals surface area contributed by atoms with Crippen molar-refractivity contribution in [1.82, 2.24) is 14.5 Å². The number of amides is 1. The third-order valence-corrected chi connectivity index (χ3v) is 6.10. The van der Waals surface area contributed by atoms with Gasteiger partial charge in [0.05, 0.1) is 21.3 Å². The minimum atomic E-state index is -1.64. The maximum Gasteiger partial charge on any atom is 0.256 e. The number of thiazole rings is 1. The summed E-state index contributed by atoms with van der Waals surface area (Å²) in [7, 11) is 0. The number of aromatic nitrogens is 3. The molecular weight excluding hydrogens is 412 g/mol. The Kier molecular flexibility index (Phi) is 4.95. The van der Waals surface area contributed by atoms with Crippen molar-refractivity contribution in [3.8, 4) is 5.69 Å². The first-order valence-electron chi connectivity index (χ1n) is 9.65. The second-order valence-electron chi connectivity index (χ2n) is 7.05. The molecule has 0 bridgehead atoms. The van der Waals surface area contributed by atoms with Gasteiger partial charge in [-0.15, -0.1) is 11.3 Å². The van der Waals surface area contributed by atoms with E-state index in [4.69, 9.17) is 0 Å². The zero-order chi connectivity index (χ0) is 21.4. The van der Waals surface area contributed by atoms with Crippen LogP contribution in [0.1, 0.15) is 11.1 Å². The molecule has 5 aromatic rings. The third-order valence-electron chi connectivity index (χ3n) is 5.00. The number of rotatable bonds is 5. The molecule has 0 fully saturated rings. The van der Waals surface area contributed by atoms with Crippen molar-refractivity contribution in [2.75, 3.05) is 5.32 Å². The van der Waals surface area contributed by atoms with Gasteiger partial charge in [-0.05, 0) is 48.5 Å². The molecule has 0 aliphatic rings. The Labute approximate surface area is 181 Å². The number of para-hydroxylation sites is 3. The normalized spacial score (nSPS) is 13.4. The summed E-state index contributed by atoms with van der Waals surface area (Å²) in [5.41, 5.74) is 3.99. The summed E-state index contributed by atoms with van der Waals surface area (Å²) in [6.07, 6.45) is -1.30. The Morgan fingerprint density at radius 1 is 0.935 bits per heavy atom. The Balaban J connectivity index is 1.30. The highest BCUT2D eigenvalue weighted by molar-refractivity contribution is 7.18. The summed E-state index contributed by atoms with van der Waals surface area (Å²) in [6.45, 7) is 0. The minimum absolute atomic E-state index is 0.297. The van der Waals surface area contributed by atoms with E-state index in [1.165, 1.54) is 11.3 Å². The fraction of sp³-hybridized carbons (Fsp3) is 0.0870. The topological polar surface area (TPSA) is 100 Å². The van der Waals surface area contributed by atoms with E-state index in [0.717, 1.165) is 26.9 Å². The van der Waals surface area contributed by atoms with Crippen molar-refractivity contribution >= 4 is 44.2 Å². The average Bonchev–Trinajstić information content (AvgIpc) is 3.43. The lowest BCUT2D eigenvalue weighted by Crippen LogP contribution is -2.33. The number of anilines is 1. The lowest BCUT2D eigenvalue weighted by atomic mass is 10.2. The van der Waals surface area contributed by atoms with Crippen molar-refractivity contribution in [1.29, 1.82) is 0 Å². The number of nitrogens with one attached hydrogen (secondary N) is 1. The first-order valence-corrected chi connectivity index (χ1v) is 10.5. The second kappa shape index (κ2) is 7.92. The Morgan fingerprint density at radius 2 is 1.65 bits per heavy atom. The Bertz CT molecular complexity index is 1340. The molecule has 0 saturated heterocycles. The van der Waals surface area contributed by atoms with Gasteiger partial charge >= 0.3 is 0 Å². The molecule has 0 saturated carbocycles. The molecule has 1 amide bonds. The van der Waals surface area contributed by atoms with E-state index in [2.05, 4.69) is 15.3 Å². The molecule has 3 N–H and O–H groups in total. The highest BCUT2D eigenvalue weighted by Gasteiger charge is 2.28. The highest BCUT2D eigenvalue weighted by Crippen LogP contribution is 2.28. The van der Waals surface area contributed by atoms with E-state index in [-0.39, 0.29) is 0 Å². The van der Waals surface area contributed by atoms with Crippen molar-refractivity contribution in [3.05, 3.63) is 84.1 Å².